The molecular weight excluding hydrogens is 361 g/mol. The molecule has 7 nitrogen and oxygen atoms in total. The lowest BCUT2D eigenvalue weighted by atomic mass is 9.78. The van der Waals surface area contributed by atoms with Crippen molar-refractivity contribution in [3.8, 4) is 28.6 Å². The standard InChI is InChI=1S/C20H20FN5O2/c21-19-16-4-1-12(10-23-16)20(19)28-18-6-5-15(24-25-18)14-3-2-13(9-17(14)27)26-8-7-22-11-26/h2-3,5-9,11-12,16,19-20,23,27H,1,4,10H2/t12-,16-,19-,20-/m1/s1. The van der Waals surface area contributed by atoms with Gasteiger partial charge in [0.05, 0.1) is 17.7 Å². The number of nitrogens with zero attached hydrogens (tertiary/aromatic N) is 4. The van der Waals surface area contributed by atoms with Crippen molar-refractivity contribution in [1.82, 2.24) is 25.1 Å². The van der Waals surface area contributed by atoms with Crippen molar-refractivity contribution >= 4 is 0 Å². The summed E-state index contributed by atoms with van der Waals surface area (Å²) in [5.74, 6) is 0.549. The van der Waals surface area contributed by atoms with Crippen molar-refractivity contribution < 1.29 is 14.2 Å². The number of halogens is 1. The van der Waals surface area contributed by atoms with Crippen LogP contribution in [-0.4, -0.2) is 49.7 Å². The fourth-order valence-electron chi connectivity index (χ4n) is 4.08. The summed E-state index contributed by atoms with van der Waals surface area (Å²) in [6.07, 6.45) is 5.43. The Hall–Kier alpha value is -3.00. The number of imidazole rings is 1. The molecule has 4 heterocycles. The Morgan fingerprint density at radius 3 is 2.75 bits per heavy atom. The molecule has 3 fully saturated rings. The van der Waals surface area contributed by atoms with Gasteiger partial charge in [-0.2, -0.15) is 0 Å². The molecule has 2 bridgehead atoms. The molecule has 1 aliphatic carbocycles. The molecule has 1 saturated carbocycles. The number of fused-ring (bicyclic) bond motifs is 3. The van der Waals surface area contributed by atoms with E-state index in [1.807, 2.05) is 6.07 Å². The van der Waals surface area contributed by atoms with Crippen molar-refractivity contribution in [1.29, 1.82) is 0 Å². The van der Waals surface area contributed by atoms with E-state index in [0.717, 1.165) is 25.1 Å². The van der Waals surface area contributed by atoms with Gasteiger partial charge in [-0.1, -0.05) is 0 Å². The van der Waals surface area contributed by atoms with Crippen molar-refractivity contribution in [2.75, 3.05) is 6.54 Å². The molecule has 2 saturated heterocycles. The van der Waals surface area contributed by atoms with Crippen LogP contribution in [0.1, 0.15) is 12.8 Å². The molecule has 3 aliphatic rings. The minimum absolute atomic E-state index is 0.0913. The topological polar surface area (TPSA) is 85.1 Å². The molecule has 4 atom stereocenters. The van der Waals surface area contributed by atoms with Crippen LogP contribution >= 0.6 is 0 Å². The predicted octanol–water partition coefficient (Wildman–Crippen LogP) is 2.50. The first kappa shape index (κ1) is 17.1. The van der Waals surface area contributed by atoms with Crippen LogP contribution in [0.25, 0.3) is 16.9 Å². The van der Waals surface area contributed by atoms with Crippen LogP contribution in [0.4, 0.5) is 4.39 Å². The first-order chi connectivity index (χ1) is 13.7. The third kappa shape index (κ3) is 2.99. The van der Waals surface area contributed by atoms with Gasteiger partial charge in [0.15, 0.2) is 6.17 Å². The number of alkyl halides is 1. The summed E-state index contributed by atoms with van der Waals surface area (Å²) >= 11 is 0. The Morgan fingerprint density at radius 1 is 1.18 bits per heavy atom. The van der Waals surface area contributed by atoms with Crippen LogP contribution in [0.3, 0.4) is 0 Å². The zero-order valence-corrected chi connectivity index (χ0v) is 15.1. The number of hydrogen-bond donors (Lipinski definition) is 2. The Labute approximate surface area is 161 Å². The van der Waals surface area contributed by atoms with Gasteiger partial charge in [-0.25, -0.2) is 9.37 Å². The number of rotatable bonds is 4. The summed E-state index contributed by atoms with van der Waals surface area (Å²) in [6.45, 7) is 0.776. The molecule has 2 aromatic heterocycles. The monoisotopic (exact) mass is 381 g/mol. The quantitative estimate of drug-likeness (QED) is 0.722. The maximum absolute atomic E-state index is 14.5. The first-order valence-electron chi connectivity index (χ1n) is 9.38. The van der Waals surface area contributed by atoms with Gasteiger partial charge in [0.1, 0.15) is 11.9 Å². The Balaban J connectivity index is 1.34. The minimum Gasteiger partial charge on any atom is -0.507 e. The van der Waals surface area contributed by atoms with Gasteiger partial charge < -0.3 is 19.7 Å². The van der Waals surface area contributed by atoms with Crippen molar-refractivity contribution in [3.63, 3.8) is 0 Å². The summed E-state index contributed by atoms with van der Waals surface area (Å²) in [7, 11) is 0. The zero-order chi connectivity index (χ0) is 19.1. The largest absolute Gasteiger partial charge is 0.507 e. The summed E-state index contributed by atoms with van der Waals surface area (Å²) < 4.78 is 22.1. The molecular formula is C20H20FN5O2. The van der Waals surface area contributed by atoms with Crippen molar-refractivity contribution in [2.45, 2.75) is 31.2 Å². The molecule has 144 valence electrons. The van der Waals surface area contributed by atoms with E-state index in [1.54, 1.807) is 47.6 Å². The predicted molar refractivity (Wildman–Crippen MR) is 100 cm³/mol. The molecule has 8 heteroatoms. The van der Waals surface area contributed by atoms with E-state index < -0.39 is 12.3 Å². The fourth-order valence-corrected chi connectivity index (χ4v) is 4.08. The number of piperidine rings is 2. The third-order valence-electron chi connectivity index (χ3n) is 5.61. The van der Waals surface area contributed by atoms with E-state index in [-0.39, 0.29) is 17.7 Å². The second-order valence-corrected chi connectivity index (χ2v) is 7.31. The lowest BCUT2D eigenvalue weighted by molar-refractivity contribution is -0.0353. The Bertz CT molecular complexity index is 953. The summed E-state index contributed by atoms with van der Waals surface area (Å²) in [5, 5.41) is 21.9. The lowest BCUT2D eigenvalue weighted by Gasteiger charge is -2.44. The van der Waals surface area contributed by atoms with E-state index in [1.165, 1.54) is 0 Å². The van der Waals surface area contributed by atoms with Crippen LogP contribution in [0.2, 0.25) is 0 Å². The van der Waals surface area contributed by atoms with Gasteiger partial charge in [-0.15, -0.1) is 10.2 Å². The Kier molecular flexibility index (Phi) is 4.20. The minimum atomic E-state index is -1.03. The van der Waals surface area contributed by atoms with Gasteiger partial charge in [-0.05, 0) is 31.0 Å². The van der Waals surface area contributed by atoms with Crippen LogP contribution in [0.5, 0.6) is 11.6 Å². The fraction of sp³-hybridized carbons (Fsp3) is 0.350. The van der Waals surface area contributed by atoms with Gasteiger partial charge >= 0.3 is 0 Å². The average molecular weight is 381 g/mol. The number of benzene rings is 1. The van der Waals surface area contributed by atoms with E-state index in [4.69, 9.17) is 4.74 Å². The lowest BCUT2D eigenvalue weighted by Crippen LogP contribution is -2.61. The summed E-state index contributed by atoms with van der Waals surface area (Å²) in [6, 6.07) is 8.55. The van der Waals surface area contributed by atoms with E-state index in [2.05, 4.69) is 20.5 Å². The normalized spacial score (nSPS) is 26.3. The number of phenolic OH excluding ortho intramolecular Hbond substituents is 1. The van der Waals surface area contributed by atoms with Gasteiger partial charge in [-0.3, -0.25) is 0 Å². The van der Waals surface area contributed by atoms with E-state index in [9.17, 15) is 9.50 Å². The molecule has 2 aliphatic heterocycles. The van der Waals surface area contributed by atoms with E-state index in [0.29, 0.717) is 17.1 Å². The number of aromatic hydroxyl groups is 1. The highest BCUT2D eigenvalue weighted by molar-refractivity contribution is 5.68. The first-order valence-corrected chi connectivity index (χ1v) is 9.38. The molecule has 1 aromatic carbocycles. The summed E-state index contributed by atoms with van der Waals surface area (Å²) in [4.78, 5) is 4.00. The smallest absolute Gasteiger partial charge is 0.233 e. The SMILES string of the molecule is Oc1cc(-n2ccnc2)ccc1-c1ccc(O[C@@H]2[C@@H]3CC[C@@H](NC3)[C@H]2F)nn1. The number of ether oxygens (including phenoxy) is 1. The third-order valence-corrected chi connectivity index (χ3v) is 5.61. The zero-order valence-electron chi connectivity index (χ0n) is 15.1. The van der Waals surface area contributed by atoms with Gasteiger partial charge in [0, 0.05) is 48.6 Å². The second kappa shape index (κ2) is 6.87. The number of phenols is 1. The summed E-state index contributed by atoms with van der Waals surface area (Å²) in [5.41, 5.74) is 1.87. The molecule has 0 amide bonds. The highest BCUT2D eigenvalue weighted by Crippen LogP contribution is 2.35. The highest BCUT2D eigenvalue weighted by Gasteiger charge is 2.45. The maximum Gasteiger partial charge on any atom is 0.233 e. The molecule has 3 aromatic rings. The average Bonchev–Trinajstić information content (AvgIpc) is 3.27. The van der Waals surface area contributed by atoms with Crippen LogP contribution in [0, 0.1) is 5.92 Å². The Morgan fingerprint density at radius 2 is 2.11 bits per heavy atom. The van der Waals surface area contributed by atoms with Crippen molar-refractivity contribution in [2.24, 2.45) is 5.92 Å². The second-order valence-electron chi connectivity index (χ2n) is 7.31. The molecule has 2 N–H and O–H groups in total. The number of nitrogens with one attached hydrogen (secondary N) is 1. The van der Waals surface area contributed by atoms with Crippen LogP contribution in [0.15, 0.2) is 49.1 Å². The molecule has 28 heavy (non-hydrogen) atoms. The van der Waals surface area contributed by atoms with Crippen molar-refractivity contribution in [3.05, 3.63) is 49.1 Å². The van der Waals surface area contributed by atoms with E-state index >= 15 is 0 Å². The van der Waals surface area contributed by atoms with Gasteiger partial charge in [0.2, 0.25) is 5.88 Å². The molecule has 0 unspecified atom stereocenters. The number of hydrogen-bond acceptors (Lipinski definition) is 6. The van der Waals surface area contributed by atoms with Crippen LogP contribution in [-0.2, 0) is 0 Å². The van der Waals surface area contributed by atoms with Crippen LogP contribution < -0.4 is 10.1 Å². The molecule has 0 radical (unpaired) electrons. The molecule has 0 spiro atoms. The van der Waals surface area contributed by atoms with Gasteiger partial charge in [0.25, 0.3) is 0 Å². The maximum atomic E-state index is 14.5. The molecule has 6 rings (SSSR count). The number of aromatic nitrogens is 4. The highest BCUT2D eigenvalue weighted by atomic mass is 19.1.